The number of rotatable bonds is 11. The van der Waals surface area contributed by atoms with Gasteiger partial charge in [-0.2, -0.15) is 0 Å². The lowest BCUT2D eigenvalue weighted by Gasteiger charge is -2.17. The van der Waals surface area contributed by atoms with Crippen molar-refractivity contribution in [1.82, 2.24) is 4.98 Å². The van der Waals surface area contributed by atoms with Crippen molar-refractivity contribution >= 4 is 17.7 Å². The zero-order valence-corrected chi connectivity index (χ0v) is 23.8. The van der Waals surface area contributed by atoms with Gasteiger partial charge in [-0.1, -0.05) is 86.0 Å². The second-order valence-corrected chi connectivity index (χ2v) is 9.92. The molecule has 1 aromatic heterocycles. The number of benzene rings is 3. The highest BCUT2D eigenvalue weighted by Gasteiger charge is 2.24. The van der Waals surface area contributed by atoms with Gasteiger partial charge in [0.05, 0.1) is 12.3 Å². The Balaban J connectivity index is 1.83. The highest BCUT2D eigenvalue weighted by Crippen LogP contribution is 2.34. The number of ether oxygens (including phenoxy) is 1. The van der Waals surface area contributed by atoms with Crippen LogP contribution in [0.4, 0.5) is 5.69 Å². The molecule has 0 bridgehead atoms. The smallest absolute Gasteiger partial charge is 0.261 e. The van der Waals surface area contributed by atoms with Crippen LogP contribution >= 0.6 is 0 Å². The molecule has 0 saturated heterocycles. The van der Waals surface area contributed by atoms with Crippen LogP contribution < -0.4 is 15.6 Å². The Morgan fingerprint density at radius 1 is 0.900 bits per heavy atom. The molecule has 4 rings (SSSR count). The molecule has 1 heterocycles. The number of allylic oxidation sites excluding steroid dienone is 1. The molecule has 0 aliphatic heterocycles. The highest BCUT2D eigenvalue weighted by molar-refractivity contribution is 6.10. The zero-order chi connectivity index (χ0) is 28.5. The first-order chi connectivity index (χ1) is 19.4. The van der Waals surface area contributed by atoms with E-state index in [2.05, 4.69) is 41.5 Å². The number of hydrogen-bond donors (Lipinski definition) is 2. The molecule has 0 fully saturated rings. The Labute approximate surface area is 236 Å². The van der Waals surface area contributed by atoms with Crippen molar-refractivity contribution in [3.63, 3.8) is 0 Å². The molecular weight excluding hydrogens is 496 g/mol. The fourth-order valence-electron chi connectivity index (χ4n) is 4.83. The van der Waals surface area contributed by atoms with E-state index in [4.69, 9.17) is 4.74 Å². The highest BCUT2D eigenvalue weighted by atomic mass is 16.5. The predicted molar refractivity (Wildman–Crippen MR) is 166 cm³/mol. The van der Waals surface area contributed by atoms with Crippen molar-refractivity contribution in [3.05, 3.63) is 111 Å². The van der Waals surface area contributed by atoms with Gasteiger partial charge in [-0.3, -0.25) is 9.59 Å². The third-order valence-corrected chi connectivity index (χ3v) is 6.89. The molecule has 5 nitrogen and oxygen atoms in total. The van der Waals surface area contributed by atoms with E-state index in [9.17, 15) is 9.59 Å². The second kappa shape index (κ2) is 13.6. The van der Waals surface area contributed by atoms with Gasteiger partial charge in [-0.25, -0.2) is 0 Å². The standard InChI is InChI=1S/C35H38N2O3/c1-5-8-9-11-25-14-18-27(19-15-25)33-30(10-6-2)31(26-16-12-24(4)13-17-26)32(35(39)37-33)34(38)36-28-20-22-29(23-21-28)40-7-3/h6,10,12-23H,5,7-9,11H2,1-4H3,(H,36,38)(H,37,39)/b10-6+. The molecule has 1 amide bonds. The lowest BCUT2D eigenvalue weighted by molar-refractivity contribution is 0.102. The zero-order valence-electron chi connectivity index (χ0n) is 23.8. The first-order valence-electron chi connectivity index (χ1n) is 14.1. The summed E-state index contributed by atoms with van der Waals surface area (Å²) in [7, 11) is 0. The van der Waals surface area contributed by atoms with Crippen molar-refractivity contribution in [2.24, 2.45) is 0 Å². The average molecular weight is 535 g/mol. The number of hydrogen-bond acceptors (Lipinski definition) is 3. The normalized spacial score (nSPS) is 11.1. The van der Waals surface area contributed by atoms with E-state index >= 15 is 0 Å². The summed E-state index contributed by atoms with van der Waals surface area (Å²) < 4.78 is 5.51. The maximum Gasteiger partial charge on any atom is 0.261 e. The number of anilines is 1. The number of aromatic nitrogens is 1. The molecule has 4 aromatic rings. The molecule has 5 heteroatoms. The fourth-order valence-corrected chi connectivity index (χ4v) is 4.83. The molecule has 0 saturated carbocycles. The molecule has 0 radical (unpaired) electrons. The lowest BCUT2D eigenvalue weighted by Crippen LogP contribution is -2.26. The van der Waals surface area contributed by atoms with Crippen molar-refractivity contribution in [2.45, 2.75) is 53.4 Å². The number of carbonyl (C=O) groups excluding carboxylic acids is 1. The molecule has 0 unspecified atom stereocenters. The van der Waals surface area contributed by atoms with E-state index in [-0.39, 0.29) is 5.56 Å². The number of amides is 1. The monoisotopic (exact) mass is 534 g/mol. The van der Waals surface area contributed by atoms with E-state index in [0.29, 0.717) is 23.6 Å². The van der Waals surface area contributed by atoms with Gasteiger partial charge >= 0.3 is 0 Å². The third-order valence-electron chi connectivity index (χ3n) is 6.89. The minimum atomic E-state index is -0.468. The van der Waals surface area contributed by atoms with Gasteiger partial charge in [0, 0.05) is 16.8 Å². The first kappa shape index (κ1) is 28.6. The number of carbonyl (C=O) groups is 1. The van der Waals surface area contributed by atoms with Crippen LogP contribution in [-0.2, 0) is 6.42 Å². The predicted octanol–water partition coefficient (Wildman–Crippen LogP) is 8.43. The van der Waals surface area contributed by atoms with Crippen molar-refractivity contribution < 1.29 is 9.53 Å². The Morgan fingerprint density at radius 3 is 2.20 bits per heavy atom. The summed E-state index contributed by atoms with van der Waals surface area (Å²) in [6, 6.07) is 23.4. The molecule has 0 aliphatic carbocycles. The van der Waals surface area contributed by atoms with Crippen LogP contribution in [-0.4, -0.2) is 17.5 Å². The van der Waals surface area contributed by atoms with Crippen molar-refractivity contribution in [3.8, 4) is 28.1 Å². The summed E-state index contributed by atoms with van der Waals surface area (Å²) in [4.78, 5) is 30.4. The number of H-pyrrole nitrogens is 1. The van der Waals surface area contributed by atoms with E-state index in [0.717, 1.165) is 40.8 Å². The molecule has 206 valence electrons. The molecular formula is C35H38N2O3. The van der Waals surface area contributed by atoms with Crippen LogP contribution in [0, 0.1) is 6.92 Å². The summed E-state index contributed by atoms with van der Waals surface area (Å²) in [5.74, 6) is 0.249. The Bertz CT molecular complexity index is 1510. The number of unbranched alkanes of at least 4 members (excludes halogenated alkanes) is 2. The Kier molecular flexibility index (Phi) is 9.74. The van der Waals surface area contributed by atoms with Crippen LogP contribution in [0.2, 0.25) is 0 Å². The second-order valence-electron chi connectivity index (χ2n) is 9.92. The Morgan fingerprint density at radius 2 is 1.57 bits per heavy atom. The molecule has 2 N–H and O–H groups in total. The molecule has 0 aliphatic rings. The third kappa shape index (κ3) is 6.78. The van der Waals surface area contributed by atoms with Crippen LogP contribution in [0.5, 0.6) is 5.75 Å². The quantitative estimate of drug-likeness (QED) is 0.190. The summed E-state index contributed by atoms with van der Waals surface area (Å²) in [6.07, 6.45) is 8.48. The van der Waals surface area contributed by atoms with Gasteiger partial charge < -0.3 is 15.0 Å². The molecule has 40 heavy (non-hydrogen) atoms. The van der Waals surface area contributed by atoms with Gasteiger partial charge in [0.2, 0.25) is 0 Å². The van der Waals surface area contributed by atoms with Crippen LogP contribution in [0.1, 0.15) is 67.1 Å². The minimum Gasteiger partial charge on any atom is -0.494 e. The van der Waals surface area contributed by atoms with Crippen LogP contribution in [0.25, 0.3) is 28.5 Å². The largest absolute Gasteiger partial charge is 0.494 e. The van der Waals surface area contributed by atoms with Gasteiger partial charge in [0.25, 0.3) is 11.5 Å². The van der Waals surface area contributed by atoms with Gasteiger partial charge in [-0.15, -0.1) is 0 Å². The van der Waals surface area contributed by atoms with Crippen LogP contribution in [0.15, 0.2) is 83.7 Å². The molecule has 3 aromatic carbocycles. The molecule has 0 spiro atoms. The maximum absolute atomic E-state index is 13.7. The van der Waals surface area contributed by atoms with Crippen molar-refractivity contribution in [1.29, 1.82) is 0 Å². The first-order valence-corrected chi connectivity index (χ1v) is 14.1. The van der Waals surface area contributed by atoms with E-state index in [1.807, 2.05) is 57.2 Å². The number of pyridine rings is 1. The summed E-state index contributed by atoms with van der Waals surface area (Å²) in [6.45, 7) is 8.63. The Hall–Kier alpha value is -4.38. The topological polar surface area (TPSA) is 71.2 Å². The molecule has 0 atom stereocenters. The fraction of sp³-hybridized carbons (Fsp3) is 0.257. The summed E-state index contributed by atoms with van der Waals surface area (Å²) in [5.41, 5.74) is 6.39. The van der Waals surface area contributed by atoms with Gasteiger partial charge in [0.15, 0.2) is 0 Å². The minimum absolute atomic E-state index is 0.0748. The van der Waals surface area contributed by atoms with E-state index < -0.39 is 11.5 Å². The van der Waals surface area contributed by atoms with E-state index in [1.54, 1.807) is 24.3 Å². The van der Waals surface area contributed by atoms with Crippen molar-refractivity contribution in [2.75, 3.05) is 11.9 Å². The lowest BCUT2D eigenvalue weighted by atomic mass is 9.90. The van der Waals surface area contributed by atoms with Gasteiger partial charge in [0.1, 0.15) is 11.3 Å². The van der Waals surface area contributed by atoms with E-state index in [1.165, 1.54) is 18.4 Å². The van der Waals surface area contributed by atoms with Gasteiger partial charge in [-0.05, 0) is 74.6 Å². The summed E-state index contributed by atoms with van der Waals surface area (Å²) >= 11 is 0. The number of nitrogens with one attached hydrogen (secondary N) is 2. The SMILES string of the molecule is C/C=C/c1c(-c2ccc(CCCCC)cc2)[nH]c(=O)c(C(=O)Nc2ccc(OCC)cc2)c1-c1ccc(C)cc1. The average Bonchev–Trinajstić information content (AvgIpc) is 2.96. The summed E-state index contributed by atoms with van der Waals surface area (Å²) in [5, 5.41) is 2.91. The van der Waals surface area contributed by atoms with Crippen LogP contribution in [0.3, 0.4) is 0 Å². The number of aromatic amines is 1. The number of aryl methyl sites for hydroxylation is 2. The maximum atomic E-state index is 13.7.